The molecule has 1 atom stereocenters. The normalized spacial score (nSPS) is 12.3. The standard InChI is InChI=1S/C20H22BrN3O2S/c1-4-12(3)23-16(25)10-24-11-22-19-18(20(24)26)17(15(5-2)27-19)13-6-8-14(21)9-7-13/h6-9,11-12H,4-5,10H2,1-3H3,(H,23,25). The Morgan fingerprint density at radius 2 is 2.00 bits per heavy atom. The Labute approximate surface area is 170 Å². The van der Waals surface area contributed by atoms with Crippen LogP contribution in [0.1, 0.15) is 32.1 Å². The van der Waals surface area contributed by atoms with Crippen molar-refractivity contribution in [1.82, 2.24) is 14.9 Å². The van der Waals surface area contributed by atoms with E-state index >= 15 is 0 Å². The third kappa shape index (κ3) is 4.14. The number of thiophene rings is 1. The summed E-state index contributed by atoms with van der Waals surface area (Å²) in [6.45, 7) is 6.00. The first kappa shape index (κ1) is 19.8. The number of carbonyl (C=O) groups is 1. The maximum absolute atomic E-state index is 13.1. The highest BCUT2D eigenvalue weighted by Crippen LogP contribution is 2.36. The zero-order chi connectivity index (χ0) is 19.6. The monoisotopic (exact) mass is 447 g/mol. The van der Waals surface area contributed by atoms with E-state index in [2.05, 4.69) is 33.2 Å². The van der Waals surface area contributed by atoms with E-state index in [9.17, 15) is 9.59 Å². The van der Waals surface area contributed by atoms with E-state index in [-0.39, 0.29) is 24.1 Å². The number of amides is 1. The number of fused-ring (bicyclic) bond motifs is 1. The number of hydrogen-bond donors (Lipinski definition) is 1. The third-order valence-electron chi connectivity index (χ3n) is 4.54. The summed E-state index contributed by atoms with van der Waals surface area (Å²) < 4.78 is 2.38. The Kier molecular flexibility index (Phi) is 6.11. The molecule has 0 aliphatic heterocycles. The Hall–Kier alpha value is -1.99. The van der Waals surface area contributed by atoms with E-state index < -0.39 is 0 Å². The van der Waals surface area contributed by atoms with Crippen molar-refractivity contribution < 1.29 is 4.79 Å². The number of nitrogens with one attached hydrogen (secondary N) is 1. The zero-order valence-corrected chi connectivity index (χ0v) is 18.0. The number of benzene rings is 1. The summed E-state index contributed by atoms with van der Waals surface area (Å²) in [4.78, 5) is 31.7. The highest BCUT2D eigenvalue weighted by Gasteiger charge is 2.19. The number of halogens is 1. The molecule has 0 aliphatic carbocycles. The molecular formula is C20H22BrN3O2S. The van der Waals surface area contributed by atoms with Gasteiger partial charge in [0, 0.05) is 21.0 Å². The molecule has 0 fully saturated rings. The number of hydrogen-bond acceptors (Lipinski definition) is 4. The van der Waals surface area contributed by atoms with Crippen molar-refractivity contribution in [2.75, 3.05) is 0 Å². The second-order valence-corrected chi connectivity index (χ2v) is 8.49. The van der Waals surface area contributed by atoms with Crippen LogP contribution in [-0.4, -0.2) is 21.5 Å². The molecule has 0 aliphatic rings. The van der Waals surface area contributed by atoms with Gasteiger partial charge < -0.3 is 5.32 Å². The van der Waals surface area contributed by atoms with Crippen molar-refractivity contribution in [3.05, 3.63) is 50.3 Å². The predicted molar refractivity (Wildman–Crippen MR) is 114 cm³/mol. The quantitative estimate of drug-likeness (QED) is 0.610. The third-order valence-corrected chi connectivity index (χ3v) is 6.31. The van der Waals surface area contributed by atoms with Crippen molar-refractivity contribution >= 4 is 43.4 Å². The number of carbonyl (C=O) groups excluding carboxylic acids is 1. The average Bonchev–Trinajstić information content (AvgIpc) is 3.04. The molecule has 3 rings (SSSR count). The van der Waals surface area contributed by atoms with Crippen LogP contribution >= 0.6 is 27.3 Å². The predicted octanol–water partition coefficient (Wildman–Crippen LogP) is 4.36. The summed E-state index contributed by atoms with van der Waals surface area (Å²) in [6.07, 6.45) is 3.14. The average molecular weight is 448 g/mol. The lowest BCUT2D eigenvalue weighted by Gasteiger charge is -2.12. The molecule has 27 heavy (non-hydrogen) atoms. The van der Waals surface area contributed by atoms with E-state index in [0.717, 1.165) is 33.3 Å². The van der Waals surface area contributed by atoms with Crippen molar-refractivity contribution in [2.45, 2.75) is 46.2 Å². The Balaban J connectivity index is 2.09. The fourth-order valence-corrected chi connectivity index (χ4v) is 4.29. The summed E-state index contributed by atoms with van der Waals surface area (Å²) in [5, 5.41) is 3.49. The van der Waals surface area contributed by atoms with Gasteiger partial charge in [0.25, 0.3) is 5.56 Å². The van der Waals surface area contributed by atoms with Crippen molar-refractivity contribution in [2.24, 2.45) is 0 Å². The topological polar surface area (TPSA) is 64.0 Å². The fraction of sp³-hybridized carbons (Fsp3) is 0.350. The molecule has 0 radical (unpaired) electrons. The zero-order valence-electron chi connectivity index (χ0n) is 15.6. The van der Waals surface area contributed by atoms with E-state index in [1.54, 1.807) is 11.3 Å². The van der Waals surface area contributed by atoms with Gasteiger partial charge in [0.1, 0.15) is 11.4 Å². The number of rotatable bonds is 6. The maximum atomic E-state index is 13.1. The van der Waals surface area contributed by atoms with Crippen LogP contribution in [0.2, 0.25) is 0 Å². The van der Waals surface area contributed by atoms with Crippen LogP contribution in [-0.2, 0) is 17.8 Å². The second-order valence-electron chi connectivity index (χ2n) is 6.50. The number of nitrogens with zero attached hydrogens (tertiary/aromatic N) is 2. The van der Waals surface area contributed by atoms with E-state index in [0.29, 0.717) is 10.2 Å². The smallest absolute Gasteiger partial charge is 0.263 e. The minimum absolute atomic E-state index is 0.0246. The van der Waals surface area contributed by atoms with Gasteiger partial charge in [-0.2, -0.15) is 0 Å². The van der Waals surface area contributed by atoms with Gasteiger partial charge in [0.2, 0.25) is 5.91 Å². The van der Waals surface area contributed by atoms with Crippen molar-refractivity contribution in [1.29, 1.82) is 0 Å². The molecule has 3 aromatic rings. The van der Waals surface area contributed by atoms with Crippen LogP contribution in [0.5, 0.6) is 0 Å². The molecule has 5 nitrogen and oxygen atoms in total. The molecule has 0 bridgehead atoms. The van der Waals surface area contributed by atoms with Crippen LogP contribution in [0.3, 0.4) is 0 Å². The SMILES string of the molecule is CCc1sc2ncn(CC(=O)NC(C)CC)c(=O)c2c1-c1ccc(Br)cc1. The van der Waals surface area contributed by atoms with Crippen LogP contribution in [0.15, 0.2) is 39.9 Å². The summed E-state index contributed by atoms with van der Waals surface area (Å²) >= 11 is 4.99. The molecule has 0 saturated heterocycles. The Bertz CT molecular complexity index is 1020. The first-order valence-electron chi connectivity index (χ1n) is 9.00. The highest BCUT2D eigenvalue weighted by atomic mass is 79.9. The molecule has 7 heteroatoms. The van der Waals surface area contributed by atoms with Gasteiger partial charge in [0.05, 0.1) is 11.7 Å². The molecule has 1 aromatic carbocycles. The number of aryl methyl sites for hydroxylation is 1. The van der Waals surface area contributed by atoms with Gasteiger partial charge in [0.15, 0.2) is 0 Å². The van der Waals surface area contributed by atoms with Gasteiger partial charge in [-0.3, -0.25) is 14.2 Å². The van der Waals surface area contributed by atoms with Gasteiger partial charge in [-0.15, -0.1) is 11.3 Å². The van der Waals surface area contributed by atoms with Gasteiger partial charge in [-0.1, -0.05) is 41.9 Å². The molecule has 1 N–H and O–H groups in total. The van der Waals surface area contributed by atoms with Gasteiger partial charge in [-0.05, 0) is 37.5 Å². The minimum Gasteiger partial charge on any atom is -0.352 e. The summed E-state index contributed by atoms with van der Waals surface area (Å²) in [5.41, 5.74) is 1.74. The maximum Gasteiger partial charge on any atom is 0.263 e. The minimum atomic E-state index is -0.177. The Morgan fingerprint density at radius 3 is 2.63 bits per heavy atom. The fourth-order valence-electron chi connectivity index (χ4n) is 2.93. The largest absolute Gasteiger partial charge is 0.352 e. The van der Waals surface area contributed by atoms with Crippen LogP contribution < -0.4 is 10.9 Å². The van der Waals surface area contributed by atoms with Crippen molar-refractivity contribution in [3.8, 4) is 11.1 Å². The van der Waals surface area contributed by atoms with Gasteiger partial charge >= 0.3 is 0 Å². The van der Waals surface area contributed by atoms with Gasteiger partial charge in [-0.25, -0.2) is 4.98 Å². The molecule has 1 unspecified atom stereocenters. The first-order valence-corrected chi connectivity index (χ1v) is 10.6. The summed E-state index contributed by atoms with van der Waals surface area (Å²) in [6, 6.07) is 8.00. The van der Waals surface area contributed by atoms with E-state index in [1.165, 1.54) is 10.9 Å². The highest BCUT2D eigenvalue weighted by molar-refractivity contribution is 9.10. The molecule has 1 amide bonds. The van der Waals surface area contributed by atoms with Crippen LogP contribution in [0, 0.1) is 0 Å². The molecule has 2 heterocycles. The number of aromatic nitrogens is 2. The van der Waals surface area contributed by atoms with Crippen molar-refractivity contribution in [3.63, 3.8) is 0 Å². The van der Waals surface area contributed by atoms with Crippen LogP contribution in [0.25, 0.3) is 21.3 Å². The second kappa shape index (κ2) is 8.35. The van der Waals surface area contributed by atoms with E-state index in [4.69, 9.17) is 0 Å². The molecule has 0 saturated carbocycles. The molecule has 0 spiro atoms. The molecular weight excluding hydrogens is 426 g/mol. The van der Waals surface area contributed by atoms with E-state index in [1.807, 2.05) is 38.1 Å². The molecule has 142 valence electrons. The Morgan fingerprint density at radius 1 is 1.30 bits per heavy atom. The molecule has 2 aromatic heterocycles. The van der Waals surface area contributed by atoms with Crippen LogP contribution in [0.4, 0.5) is 0 Å². The summed E-state index contributed by atoms with van der Waals surface area (Å²) in [5.74, 6) is -0.177. The lowest BCUT2D eigenvalue weighted by atomic mass is 10.0. The lowest BCUT2D eigenvalue weighted by Crippen LogP contribution is -2.37. The summed E-state index contributed by atoms with van der Waals surface area (Å²) in [7, 11) is 0. The lowest BCUT2D eigenvalue weighted by molar-refractivity contribution is -0.122. The first-order chi connectivity index (χ1) is 12.9.